The van der Waals surface area contributed by atoms with E-state index in [9.17, 15) is 4.79 Å². The molecule has 0 fully saturated rings. The molecule has 1 amide bonds. The van der Waals surface area contributed by atoms with E-state index in [1.807, 2.05) is 0 Å². The first-order valence-corrected chi connectivity index (χ1v) is 5.69. The lowest BCUT2D eigenvalue weighted by Crippen LogP contribution is -2.30. The molecule has 84 valence electrons. The maximum Gasteiger partial charge on any atom is 0.239 e. The van der Waals surface area contributed by atoms with Crippen LogP contribution in [0.25, 0.3) is 5.65 Å². The molecule has 0 saturated carbocycles. The van der Waals surface area contributed by atoms with Crippen molar-refractivity contribution in [1.82, 2.24) is 25.2 Å². The third-order valence-electron chi connectivity index (χ3n) is 1.81. The van der Waals surface area contributed by atoms with Crippen LogP contribution in [0.2, 0.25) is 0 Å². The second kappa shape index (κ2) is 4.88. The summed E-state index contributed by atoms with van der Waals surface area (Å²) in [5, 5.41) is 12.3. The van der Waals surface area contributed by atoms with Gasteiger partial charge in [0.05, 0.1) is 0 Å². The molecule has 2 aromatic rings. The van der Waals surface area contributed by atoms with Crippen molar-refractivity contribution in [1.29, 1.82) is 0 Å². The SMILES string of the molecule is O=C(CCBr)NNc1ccc2nncn2n1. The number of halogens is 1. The van der Waals surface area contributed by atoms with Gasteiger partial charge in [-0.15, -0.1) is 15.3 Å². The number of rotatable bonds is 4. The molecule has 0 atom stereocenters. The van der Waals surface area contributed by atoms with Crippen molar-refractivity contribution >= 4 is 33.3 Å². The van der Waals surface area contributed by atoms with Crippen LogP contribution in [0.3, 0.4) is 0 Å². The minimum absolute atomic E-state index is 0.109. The lowest BCUT2D eigenvalue weighted by atomic mass is 10.5. The number of nitrogens with zero attached hydrogens (tertiary/aromatic N) is 4. The first-order chi connectivity index (χ1) is 7.79. The molecule has 0 radical (unpaired) electrons. The molecule has 0 unspecified atom stereocenters. The summed E-state index contributed by atoms with van der Waals surface area (Å²) in [7, 11) is 0. The number of nitrogens with one attached hydrogen (secondary N) is 2. The van der Waals surface area contributed by atoms with Gasteiger partial charge >= 0.3 is 0 Å². The quantitative estimate of drug-likeness (QED) is 0.625. The molecular weight excluding hydrogens is 276 g/mol. The second-order valence-corrected chi connectivity index (χ2v) is 3.76. The second-order valence-electron chi connectivity index (χ2n) is 2.96. The summed E-state index contributed by atoms with van der Waals surface area (Å²) in [6.07, 6.45) is 1.89. The fourth-order valence-electron chi connectivity index (χ4n) is 1.08. The van der Waals surface area contributed by atoms with Gasteiger partial charge in [0.2, 0.25) is 5.91 Å². The summed E-state index contributed by atoms with van der Waals surface area (Å²) in [6.45, 7) is 0. The summed E-state index contributed by atoms with van der Waals surface area (Å²) in [6, 6.07) is 3.46. The third kappa shape index (κ3) is 2.45. The smallest absolute Gasteiger partial charge is 0.239 e. The van der Waals surface area contributed by atoms with Gasteiger partial charge in [-0.05, 0) is 12.1 Å². The highest BCUT2D eigenvalue weighted by Crippen LogP contribution is 2.02. The van der Waals surface area contributed by atoms with Gasteiger partial charge in [-0.1, -0.05) is 15.9 Å². The molecule has 0 bridgehead atoms. The summed E-state index contributed by atoms with van der Waals surface area (Å²) in [4.78, 5) is 11.2. The standard InChI is InChI=1S/C8H9BrN6O/c9-4-3-8(16)13-11-6-1-2-7-12-10-5-15(7)14-6/h1-2,5H,3-4H2,(H,11,14)(H,13,16). The van der Waals surface area contributed by atoms with Crippen molar-refractivity contribution in [3.8, 4) is 0 Å². The molecule has 0 spiro atoms. The van der Waals surface area contributed by atoms with Gasteiger partial charge in [-0.3, -0.25) is 15.6 Å². The van der Waals surface area contributed by atoms with E-state index in [0.29, 0.717) is 23.2 Å². The summed E-state index contributed by atoms with van der Waals surface area (Å²) >= 11 is 3.18. The van der Waals surface area contributed by atoms with E-state index in [0.717, 1.165) is 0 Å². The van der Waals surface area contributed by atoms with Gasteiger partial charge < -0.3 is 0 Å². The fourth-order valence-corrected chi connectivity index (χ4v) is 1.44. The Morgan fingerprint density at radius 1 is 1.50 bits per heavy atom. The number of anilines is 1. The minimum Gasteiger partial charge on any atom is -0.280 e. The van der Waals surface area contributed by atoms with Crippen molar-refractivity contribution in [2.45, 2.75) is 6.42 Å². The van der Waals surface area contributed by atoms with Crippen molar-refractivity contribution < 1.29 is 4.79 Å². The number of hydrogen-bond acceptors (Lipinski definition) is 5. The van der Waals surface area contributed by atoms with Crippen LogP contribution in [0, 0.1) is 0 Å². The summed E-state index contributed by atoms with van der Waals surface area (Å²) in [5.74, 6) is 0.415. The highest BCUT2D eigenvalue weighted by molar-refractivity contribution is 9.09. The Labute approximate surface area is 99.3 Å². The predicted molar refractivity (Wildman–Crippen MR) is 61.0 cm³/mol. The molecule has 7 nitrogen and oxygen atoms in total. The molecule has 0 aliphatic rings. The van der Waals surface area contributed by atoms with E-state index in [1.54, 1.807) is 12.1 Å². The Bertz CT molecular complexity index is 498. The average molecular weight is 285 g/mol. The number of hydrazine groups is 1. The summed E-state index contributed by atoms with van der Waals surface area (Å²) in [5.41, 5.74) is 5.87. The normalized spacial score (nSPS) is 10.3. The van der Waals surface area contributed by atoms with Crippen LogP contribution in [-0.4, -0.2) is 31.0 Å². The lowest BCUT2D eigenvalue weighted by Gasteiger charge is -2.06. The maximum absolute atomic E-state index is 11.2. The number of carbonyl (C=O) groups excluding carboxylic acids is 1. The monoisotopic (exact) mass is 284 g/mol. The van der Waals surface area contributed by atoms with Crippen LogP contribution in [0.1, 0.15) is 6.42 Å². The number of alkyl halides is 1. The van der Waals surface area contributed by atoms with E-state index in [1.165, 1.54) is 10.8 Å². The van der Waals surface area contributed by atoms with Gasteiger partial charge in [0.25, 0.3) is 0 Å². The Morgan fingerprint density at radius 3 is 3.19 bits per heavy atom. The van der Waals surface area contributed by atoms with Crippen molar-refractivity contribution in [3.05, 3.63) is 18.5 Å². The number of fused-ring (bicyclic) bond motifs is 1. The molecule has 2 rings (SSSR count). The molecule has 0 aliphatic carbocycles. The van der Waals surface area contributed by atoms with E-state index in [2.05, 4.69) is 42.1 Å². The van der Waals surface area contributed by atoms with Crippen LogP contribution >= 0.6 is 15.9 Å². The van der Waals surface area contributed by atoms with Crippen molar-refractivity contribution in [2.75, 3.05) is 10.8 Å². The van der Waals surface area contributed by atoms with Crippen LogP contribution in [0.5, 0.6) is 0 Å². The lowest BCUT2D eigenvalue weighted by molar-refractivity contribution is -0.120. The topological polar surface area (TPSA) is 84.2 Å². The highest BCUT2D eigenvalue weighted by Gasteiger charge is 2.01. The number of carbonyl (C=O) groups is 1. The van der Waals surface area contributed by atoms with E-state index < -0.39 is 0 Å². The first kappa shape index (κ1) is 10.8. The Balaban J connectivity index is 2.01. The third-order valence-corrected chi connectivity index (χ3v) is 2.21. The fraction of sp³-hybridized carbons (Fsp3) is 0.250. The molecular formula is C8H9BrN6O. The van der Waals surface area contributed by atoms with Gasteiger partial charge in [-0.25, -0.2) is 0 Å². The van der Waals surface area contributed by atoms with Crippen molar-refractivity contribution in [3.63, 3.8) is 0 Å². The van der Waals surface area contributed by atoms with Gasteiger partial charge in [0.1, 0.15) is 6.33 Å². The number of hydrogen-bond donors (Lipinski definition) is 2. The molecule has 0 saturated heterocycles. The Kier molecular flexibility index (Phi) is 3.30. The zero-order valence-electron chi connectivity index (χ0n) is 8.22. The number of aromatic nitrogens is 4. The van der Waals surface area contributed by atoms with E-state index >= 15 is 0 Å². The molecule has 2 heterocycles. The molecule has 16 heavy (non-hydrogen) atoms. The predicted octanol–water partition coefficient (Wildman–Crippen LogP) is 0.352. The molecule has 2 aromatic heterocycles. The van der Waals surface area contributed by atoms with E-state index in [4.69, 9.17) is 0 Å². The molecule has 2 N–H and O–H groups in total. The van der Waals surface area contributed by atoms with Crippen LogP contribution in [-0.2, 0) is 4.79 Å². The van der Waals surface area contributed by atoms with Crippen LogP contribution in [0.15, 0.2) is 18.5 Å². The summed E-state index contributed by atoms with van der Waals surface area (Å²) < 4.78 is 1.51. The average Bonchev–Trinajstić information content (AvgIpc) is 2.74. The number of amides is 1. The largest absolute Gasteiger partial charge is 0.280 e. The van der Waals surface area contributed by atoms with Gasteiger partial charge in [0.15, 0.2) is 11.5 Å². The first-order valence-electron chi connectivity index (χ1n) is 4.57. The zero-order valence-corrected chi connectivity index (χ0v) is 9.81. The van der Waals surface area contributed by atoms with Crippen LogP contribution in [0.4, 0.5) is 5.82 Å². The maximum atomic E-state index is 11.2. The van der Waals surface area contributed by atoms with Gasteiger partial charge in [0, 0.05) is 11.8 Å². The van der Waals surface area contributed by atoms with Crippen LogP contribution < -0.4 is 10.9 Å². The molecule has 8 heteroatoms. The molecule has 0 aromatic carbocycles. The molecule has 0 aliphatic heterocycles. The van der Waals surface area contributed by atoms with Crippen molar-refractivity contribution in [2.24, 2.45) is 0 Å². The Morgan fingerprint density at radius 2 is 2.38 bits per heavy atom. The minimum atomic E-state index is -0.109. The highest BCUT2D eigenvalue weighted by atomic mass is 79.9. The Hall–Kier alpha value is -1.70. The van der Waals surface area contributed by atoms with E-state index in [-0.39, 0.29) is 5.91 Å². The zero-order chi connectivity index (χ0) is 11.4. The van der Waals surface area contributed by atoms with Gasteiger partial charge in [-0.2, -0.15) is 4.52 Å².